The number of aliphatic imine (C=N–C) groups is 1. The molecule has 0 aromatic heterocycles. The number of benzene rings is 1. The van der Waals surface area contributed by atoms with Crippen LogP contribution in [0.5, 0.6) is 5.75 Å². The van der Waals surface area contributed by atoms with Crippen molar-refractivity contribution >= 4 is 15.8 Å². The molecule has 25 heavy (non-hydrogen) atoms. The van der Waals surface area contributed by atoms with Crippen LogP contribution < -0.4 is 15.4 Å². The van der Waals surface area contributed by atoms with Gasteiger partial charge < -0.3 is 15.4 Å². The Bertz CT molecular complexity index is 720. The van der Waals surface area contributed by atoms with E-state index in [0.29, 0.717) is 18.9 Å². The van der Waals surface area contributed by atoms with E-state index < -0.39 is 16.2 Å². The van der Waals surface area contributed by atoms with Crippen molar-refractivity contribution in [1.82, 2.24) is 10.6 Å². The second-order valence-corrected chi connectivity index (χ2v) is 7.82. The molecule has 2 N–H and O–H groups in total. The molecule has 0 amide bonds. The number of halogens is 3. The van der Waals surface area contributed by atoms with Crippen LogP contribution >= 0.6 is 0 Å². The van der Waals surface area contributed by atoms with Gasteiger partial charge in [0.2, 0.25) is 0 Å². The zero-order valence-corrected chi connectivity index (χ0v) is 14.5. The van der Waals surface area contributed by atoms with E-state index in [-0.39, 0.29) is 35.4 Å². The Hall–Kier alpha value is -1.97. The smallest absolute Gasteiger partial charge is 0.405 e. The van der Waals surface area contributed by atoms with Crippen molar-refractivity contribution in [2.45, 2.75) is 32.3 Å². The lowest BCUT2D eigenvalue weighted by atomic mass is 10.2. The molecule has 1 unspecified atom stereocenters. The Morgan fingerprint density at radius 2 is 2.08 bits per heavy atom. The number of hydrogen-bond acceptors (Lipinski definition) is 4. The third-order valence-corrected chi connectivity index (χ3v) is 5.29. The van der Waals surface area contributed by atoms with Crippen LogP contribution in [0.1, 0.15) is 18.9 Å². The summed E-state index contributed by atoms with van der Waals surface area (Å²) < 4.78 is 64.4. The van der Waals surface area contributed by atoms with Crippen molar-refractivity contribution in [3.8, 4) is 5.75 Å². The first-order valence-electron chi connectivity index (χ1n) is 7.77. The van der Waals surface area contributed by atoms with E-state index in [2.05, 4.69) is 20.4 Å². The molecule has 1 heterocycles. The molecule has 0 aliphatic carbocycles. The minimum Gasteiger partial charge on any atom is -0.405 e. The number of guanidine groups is 1. The van der Waals surface area contributed by atoms with Crippen LogP contribution in [0, 0.1) is 0 Å². The van der Waals surface area contributed by atoms with Gasteiger partial charge in [0.15, 0.2) is 15.8 Å². The first-order valence-corrected chi connectivity index (χ1v) is 9.59. The van der Waals surface area contributed by atoms with Gasteiger partial charge in [-0.1, -0.05) is 18.2 Å². The van der Waals surface area contributed by atoms with Crippen LogP contribution in [0.25, 0.3) is 0 Å². The average molecular weight is 379 g/mol. The fourth-order valence-corrected chi connectivity index (χ4v) is 4.12. The largest absolute Gasteiger partial charge is 0.573 e. The van der Waals surface area contributed by atoms with Gasteiger partial charge in [0.25, 0.3) is 0 Å². The summed E-state index contributed by atoms with van der Waals surface area (Å²) in [5.41, 5.74) is 0.274. The summed E-state index contributed by atoms with van der Waals surface area (Å²) in [5, 5.41) is 5.96. The lowest BCUT2D eigenvalue weighted by Gasteiger charge is -2.16. The second kappa shape index (κ2) is 7.94. The number of hydrogen-bond donors (Lipinski definition) is 2. The summed E-state index contributed by atoms with van der Waals surface area (Å²) in [6, 6.07) is 5.50. The van der Waals surface area contributed by atoms with E-state index in [1.807, 2.05) is 6.92 Å². The summed E-state index contributed by atoms with van der Waals surface area (Å²) in [6.07, 6.45) is -4.30. The van der Waals surface area contributed by atoms with Crippen molar-refractivity contribution in [2.24, 2.45) is 4.99 Å². The molecule has 1 atom stereocenters. The molecule has 1 aromatic rings. The predicted octanol–water partition coefficient (Wildman–Crippen LogP) is 1.83. The molecule has 0 bridgehead atoms. The maximum atomic E-state index is 12.4. The Morgan fingerprint density at radius 3 is 2.68 bits per heavy atom. The van der Waals surface area contributed by atoms with Gasteiger partial charge in [-0.2, -0.15) is 0 Å². The highest BCUT2D eigenvalue weighted by Crippen LogP contribution is 2.26. The molecule has 2 rings (SSSR count). The number of ether oxygens (including phenoxy) is 1. The summed E-state index contributed by atoms with van der Waals surface area (Å²) >= 11 is 0. The molecule has 1 aliphatic rings. The van der Waals surface area contributed by atoms with Gasteiger partial charge in [0.1, 0.15) is 5.75 Å². The zero-order valence-electron chi connectivity index (χ0n) is 13.6. The molecule has 0 radical (unpaired) electrons. The molecule has 1 fully saturated rings. The lowest BCUT2D eigenvalue weighted by molar-refractivity contribution is -0.274. The Labute approximate surface area is 144 Å². The first kappa shape index (κ1) is 19.4. The SMILES string of the molecule is CCNC(=NCc1ccccc1OC(F)(F)F)NC1CCS(=O)(=O)C1. The van der Waals surface area contributed by atoms with Gasteiger partial charge in [0.05, 0.1) is 18.1 Å². The van der Waals surface area contributed by atoms with Crippen LogP contribution in [0.2, 0.25) is 0 Å². The number of nitrogens with zero attached hydrogens (tertiary/aromatic N) is 1. The quantitative estimate of drug-likeness (QED) is 0.603. The maximum Gasteiger partial charge on any atom is 0.573 e. The minimum atomic E-state index is -4.78. The fraction of sp³-hybridized carbons (Fsp3) is 0.533. The van der Waals surface area contributed by atoms with Gasteiger partial charge >= 0.3 is 6.36 Å². The van der Waals surface area contributed by atoms with E-state index in [1.54, 1.807) is 6.07 Å². The van der Waals surface area contributed by atoms with Crippen molar-refractivity contribution in [2.75, 3.05) is 18.1 Å². The van der Waals surface area contributed by atoms with Crippen molar-refractivity contribution in [3.05, 3.63) is 29.8 Å². The summed E-state index contributed by atoms with van der Waals surface area (Å²) in [4.78, 5) is 4.24. The van der Waals surface area contributed by atoms with Crippen molar-refractivity contribution in [1.29, 1.82) is 0 Å². The highest BCUT2D eigenvalue weighted by molar-refractivity contribution is 7.91. The second-order valence-electron chi connectivity index (χ2n) is 5.59. The zero-order chi connectivity index (χ0) is 18.5. The van der Waals surface area contributed by atoms with Crippen molar-refractivity contribution in [3.63, 3.8) is 0 Å². The number of para-hydroxylation sites is 1. The van der Waals surface area contributed by atoms with Crippen molar-refractivity contribution < 1.29 is 26.3 Å². The molecule has 1 saturated heterocycles. The lowest BCUT2D eigenvalue weighted by Crippen LogP contribution is -2.44. The number of nitrogens with one attached hydrogen (secondary N) is 2. The van der Waals surface area contributed by atoms with Crippen LogP contribution in [-0.2, 0) is 16.4 Å². The molecule has 1 aromatic carbocycles. The molecule has 140 valence electrons. The van der Waals surface area contributed by atoms with Gasteiger partial charge in [-0.3, -0.25) is 0 Å². The molecule has 0 saturated carbocycles. The average Bonchev–Trinajstić information content (AvgIpc) is 2.83. The Kier molecular flexibility index (Phi) is 6.15. The summed E-state index contributed by atoms with van der Waals surface area (Å²) in [6.45, 7) is 2.33. The molecule has 10 heteroatoms. The molecular formula is C15H20F3N3O3S. The normalized spacial score (nSPS) is 20.3. The standard InChI is InChI=1S/C15H20F3N3O3S/c1-2-19-14(21-12-7-8-25(22,23)10-12)20-9-11-5-3-4-6-13(11)24-15(16,17)18/h3-6,12H,2,7-10H2,1H3,(H2,19,20,21). The Balaban J connectivity index is 2.09. The first-order chi connectivity index (χ1) is 11.7. The minimum absolute atomic E-state index is 0.0190. The molecule has 0 spiro atoms. The summed E-state index contributed by atoms with van der Waals surface area (Å²) in [7, 11) is -3.04. The van der Waals surface area contributed by atoms with E-state index in [9.17, 15) is 21.6 Å². The third-order valence-electron chi connectivity index (χ3n) is 3.52. The van der Waals surface area contributed by atoms with E-state index >= 15 is 0 Å². The molecule has 6 nitrogen and oxygen atoms in total. The fourth-order valence-electron chi connectivity index (χ4n) is 2.45. The van der Waals surface area contributed by atoms with Gasteiger partial charge in [-0.05, 0) is 19.4 Å². The highest BCUT2D eigenvalue weighted by Gasteiger charge is 2.32. The summed E-state index contributed by atoms with van der Waals surface area (Å²) in [5.74, 6) is 0.182. The van der Waals surface area contributed by atoms with Crippen LogP contribution in [0.15, 0.2) is 29.3 Å². The topological polar surface area (TPSA) is 79.8 Å². The number of rotatable bonds is 5. The number of alkyl halides is 3. The van der Waals surface area contributed by atoms with E-state index in [0.717, 1.165) is 0 Å². The monoisotopic (exact) mass is 379 g/mol. The highest BCUT2D eigenvalue weighted by atomic mass is 32.2. The molecule has 1 aliphatic heterocycles. The van der Waals surface area contributed by atoms with Crippen LogP contribution in [0.3, 0.4) is 0 Å². The van der Waals surface area contributed by atoms with Gasteiger partial charge in [-0.15, -0.1) is 13.2 Å². The van der Waals surface area contributed by atoms with Crippen LogP contribution in [0.4, 0.5) is 13.2 Å². The predicted molar refractivity (Wildman–Crippen MR) is 88.1 cm³/mol. The van der Waals surface area contributed by atoms with Gasteiger partial charge in [-0.25, -0.2) is 13.4 Å². The molecular weight excluding hydrogens is 359 g/mol. The van der Waals surface area contributed by atoms with E-state index in [4.69, 9.17) is 0 Å². The van der Waals surface area contributed by atoms with E-state index in [1.165, 1.54) is 18.2 Å². The van der Waals surface area contributed by atoms with Crippen LogP contribution in [-0.4, -0.2) is 44.8 Å². The Morgan fingerprint density at radius 1 is 1.36 bits per heavy atom. The number of sulfone groups is 1. The third kappa shape index (κ3) is 6.45. The maximum absolute atomic E-state index is 12.4. The van der Waals surface area contributed by atoms with Gasteiger partial charge in [0, 0.05) is 18.2 Å².